The highest BCUT2D eigenvalue weighted by molar-refractivity contribution is 7.99. The van der Waals surface area contributed by atoms with Crippen molar-refractivity contribution >= 4 is 23.6 Å². The van der Waals surface area contributed by atoms with Crippen molar-refractivity contribution in [1.82, 2.24) is 5.32 Å². The van der Waals surface area contributed by atoms with Crippen LogP contribution in [0.1, 0.15) is 26.2 Å². The summed E-state index contributed by atoms with van der Waals surface area (Å²) in [6.45, 7) is 2.82. The lowest BCUT2D eigenvalue weighted by Crippen LogP contribution is -2.54. The van der Waals surface area contributed by atoms with Gasteiger partial charge in [-0.1, -0.05) is 0 Å². The number of aliphatic carboxylic acids is 1. The molecule has 1 amide bonds. The zero-order chi connectivity index (χ0) is 12.9. The second-order valence-corrected chi connectivity index (χ2v) is 5.51. The molecule has 1 fully saturated rings. The van der Waals surface area contributed by atoms with E-state index in [0.717, 1.165) is 0 Å². The number of ether oxygens (including phenoxy) is 1. The predicted octanol–water partition coefficient (Wildman–Crippen LogP) is 0.878. The Morgan fingerprint density at radius 1 is 1.47 bits per heavy atom. The minimum Gasteiger partial charge on any atom is -0.481 e. The van der Waals surface area contributed by atoms with E-state index in [1.54, 1.807) is 0 Å². The van der Waals surface area contributed by atoms with Crippen LogP contribution in [0.25, 0.3) is 0 Å². The van der Waals surface area contributed by atoms with Gasteiger partial charge in [0.25, 0.3) is 0 Å². The van der Waals surface area contributed by atoms with Crippen LogP contribution < -0.4 is 5.32 Å². The number of hydrogen-bond acceptors (Lipinski definition) is 4. The van der Waals surface area contributed by atoms with Crippen molar-refractivity contribution in [2.24, 2.45) is 0 Å². The Balaban J connectivity index is 2.69. The number of amides is 1. The molecule has 0 aliphatic carbocycles. The zero-order valence-electron chi connectivity index (χ0n) is 10.2. The van der Waals surface area contributed by atoms with Crippen LogP contribution in [0.2, 0.25) is 0 Å². The smallest absolute Gasteiger partial charge is 0.305 e. The lowest BCUT2D eigenvalue weighted by molar-refractivity contribution is -0.140. The summed E-state index contributed by atoms with van der Waals surface area (Å²) in [4.78, 5) is 22.8. The third-order valence-electron chi connectivity index (χ3n) is 3.05. The van der Waals surface area contributed by atoms with Gasteiger partial charge in [-0.25, -0.2) is 0 Å². The molecule has 6 heteroatoms. The largest absolute Gasteiger partial charge is 0.481 e. The van der Waals surface area contributed by atoms with Gasteiger partial charge in [-0.15, -0.1) is 0 Å². The fourth-order valence-corrected chi connectivity index (χ4v) is 2.14. The van der Waals surface area contributed by atoms with E-state index in [9.17, 15) is 9.59 Å². The van der Waals surface area contributed by atoms with Crippen LogP contribution in [0.15, 0.2) is 0 Å². The quantitative estimate of drug-likeness (QED) is 0.768. The molecule has 1 heterocycles. The normalized spacial score (nSPS) is 20.6. The van der Waals surface area contributed by atoms with Crippen LogP contribution in [0.5, 0.6) is 0 Å². The van der Waals surface area contributed by atoms with E-state index < -0.39 is 11.5 Å². The molecule has 1 rings (SSSR count). The summed E-state index contributed by atoms with van der Waals surface area (Å²) in [5.74, 6) is -0.982. The minimum absolute atomic E-state index is 0.0385. The lowest BCUT2D eigenvalue weighted by Gasteiger charge is -2.37. The molecule has 0 saturated carbocycles. The van der Waals surface area contributed by atoms with Crippen molar-refractivity contribution in [2.75, 3.05) is 19.5 Å². The number of carboxylic acids is 1. The Morgan fingerprint density at radius 3 is 2.53 bits per heavy atom. The first kappa shape index (κ1) is 14.3. The Kier molecular flexibility index (Phi) is 5.27. The van der Waals surface area contributed by atoms with Crippen LogP contribution in [0.4, 0.5) is 0 Å². The van der Waals surface area contributed by atoms with E-state index >= 15 is 0 Å². The SMILES string of the molecule is CSC(C)C(=O)NC1(CC(=O)O)CCOCC1. The van der Waals surface area contributed by atoms with Gasteiger partial charge in [-0.05, 0) is 26.0 Å². The van der Waals surface area contributed by atoms with E-state index in [1.807, 2.05) is 13.2 Å². The summed E-state index contributed by atoms with van der Waals surface area (Å²) < 4.78 is 5.23. The Labute approximate surface area is 105 Å². The van der Waals surface area contributed by atoms with Crippen molar-refractivity contribution in [3.8, 4) is 0 Å². The first-order valence-corrected chi connectivity index (χ1v) is 6.92. The van der Waals surface area contributed by atoms with E-state index in [1.165, 1.54) is 11.8 Å². The summed E-state index contributed by atoms with van der Waals surface area (Å²) in [6.07, 6.45) is 2.94. The molecule has 0 spiro atoms. The van der Waals surface area contributed by atoms with Crippen LogP contribution in [-0.2, 0) is 14.3 Å². The van der Waals surface area contributed by atoms with Crippen LogP contribution >= 0.6 is 11.8 Å². The van der Waals surface area contributed by atoms with Gasteiger partial charge in [-0.3, -0.25) is 9.59 Å². The number of nitrogens with one attached hydrogen (secondary N) is 1. The van der Waals surface area contributed by atoms with E-state index in [4.69, 9.17) is 9.84 Å². The molecule has 0 aromatic heterocycles. The highest BCUT2D eigenvalue weighted by Crippen LogP contribution is 2.25. The molecule has 17 heavy (non-hydrogen) atoms. The van der Waals surface area contributed by atoms with Gasteiger partial charge in [0, 0.05) is 13.2 Å². The number of carboxylic acid groups (broad SMARTS) is 1. The minimum atomic E-state index is -0.885. The summed E-state index contributed by atoms with van der Waals surface area (Å²) in [6, 6.07) is 0. The molecule has 2 N–H and O–H groups in total. The third kappa shape index (κ3) is 4.20. The van der Waals surface area contributed by atoms with Crippen LogP contribution in [-0.4, -0.2) is 47.2 Å². The average molecular weight is 261 g/mol. The molecule has 1 aliphatic heterocycles. The van der Waals surface area contributed by atoms with Crippen molar-refractivity contribution < 1.29 is 19.4 Å². The molecule has 0 aromatic rings. The molecular formula is C11H19NO4S. The van der Waals surface area contributed by atoms with Gasteiger partial charge in [0.1, 0.15) is 0 Å². The lowest BCUT2D eigenvalue weighted by atomic mass is 9.86. The number of thioether (sulfide) groups is 1. The molecule has 98 valence electrons. The van der Waals surface area contributed by atoms with Gasteiger partial charge in [0.05, 0.1) is 17.2 Å². The monoisotopic (exact) mass is 261 g/mol. The van der Waals surface area contributed by atoms with E-state index in [-0.39, 0.29) is 17.6 Å². The van der Waals surface area contributed by atoms with Gasteiger partial charge >= 0.3 is 5.97 Å². The first-order chi connectivity index (χ1) is 7.99. The summed E-state index contributed by atoms with van der Waals surface area (Å²) in [5, 5.41) is 11.7. The van der Waals surface area contributed by atoms with E-state index in [0.29, 0.717) is 26.1 Å². The summed E-state index contributed by atoms with van der Waals surface area (Å²) in [7, 11) is 0. The highest BCUT2D eigenvalue weighted by atomic mass is 32.2. The Bertz CT molecular complexity index is 289. The molecular weight excluding hydrogens is 242 g/mol. The van der Waals surface area contributed by atoms with Crippen molar-refractivity contribution in [3.63, 3.8) is 0 Å². The third-order valence-corrected chi connectivity index (χ3v) is 3.97. The number of rotatable bonds is 5. The molecule has 1 saturated heterocycles. The molecule has 0 aromatic carbocycles. The average Bonchev–Trinajstić information content (AvgIpc) is 2.27. The van der Waals surface area contributed by atoms with Crippen LogP contribution in [0, 0.1) is 0 Å². The topological polar surface area (TPSA) is 75.6 Å². The van der Waals surface area contributed by atoms with Gasteiger partial charge in [0.15, 0.2) is 0 Å². The molecule has 1 aliphatic rings. The predicted molar refractivity (Wildman–Crippen MR) is 66.2 cm³/mol. The molecule has 0 radical (unpaired) electrons. The zero-order valence-corrected chi connectivity index (χ0v) is 11.0. The molecule has 1 atom stereocenters. The standard InChI is InChI=1S/C11H19NO4S/c1-8(17-2)10(15)12-11(7-9(13)14)3-5-16-6-4-11/h8H,3-7H2,1-2H3,(H,12,15)(H,13,14). The Morgan fingerprint density at radius 2 is 2.06 bits per heavy atom. The fourth-order valence-electron chi connectivity index (χ4n) is 1.87. The first-order valence-electron chi connectivity index (χ1n) is 5.63. The van der Waals surface area contributed by atoms with Crippen molar-refractivity contribution in [1.29, 1.82) is 0 Å². The maximum atomic E-state index is 11.9. The van der Waals surface area contributed by atoms with E-state index in [2.05, 4.69) is 5.32 Å². The van der Waals surface area contributed by atoms with Crippen LogP contribution in [0.3, 0.4) is 0 Å². The summed E-state index contributed by atoms with van der Waals surface area (Å²) >= 11 is 1.45. The van der Waals surface area contributed by atoms with Crippen molar-refractivity contribution in [2.45, 2.75) is 37.0 Å². The highest BCUT2D eigenvalue weighted by Gasteiger charge is 2.37. The Hall–Kier alpha value is -0.750. The number of hydrogen-bond donors (Lipinski definition) is 2. The number of carbonyl (C=O) groups is 2. The molecule has 1 unspecified atom stereocenters. The summed E-state index contributed by atoms with van der Waals surface area (Å²) in [5.41, 5.74) is -0.634. The fraction of sp³-hybridized carbons (Fsp3) is 0.818. The van der Waals surface area contributed by atoms with Gasteiger partial charge < -0.3 is 15.2 Å². The van der Waals surface area contributed by atoms with Crippen molar-refractivity contribution in [3.05, 3.63) is 0 Å². The second kappa shape index (κ2) is 6.26. The van der Waals surface area contributed by atoms with Gasteiger partial charge in [0.2, 0.25) is 5.91 Å². The molecule has 0 bridgehead atoms. The number of carbonyl (C=O) groups excluding carboxylic acids is 1. The molecule has 5 nitrogen and oxygen atoms in total. The second-order valence-electron chi connectivity index (χ2n) is 4.33. The maximum absolute atomic E-state index is 11.9. The maximum Gasteiger partial charge on any atom is 0.305 e. The van der Waals surface area contributed by atoms with Gasteiger partial charge in [-0.2, -0.15) is 11.8 Å².